The van der Waals surface area contributed by atoms with Crippen molar-refractivity contribution in [2.75, 3.05) is 14.2 Å². The van der Waals surface area contributed by atoms with Crippen molar-refractivity contribution in [2.24, 2.45) is 5.92 Å². The molecule has 20 heavy (non-hydrogen) atoms. The first-order valence-electron chi connectivity index (χ1n) is 6.38. The molecule has 0 aliphatic rings. The molecule has 0 aromatic rings. The molecule has 0 aliphatic carbocycles. The van der Waals surface area contributed by atoms with E-state index in [1.54, 1.807) is 27.7 Å². The Morgan fingerprint density at radius 2 is 1.70 bits per heavy atom. The van der Waals surface area contributed by atoms with Gasteiger partial charge in [-0.1, -0.05) is 6.92 Å². The van der Waals surface area contributed by atoms with E-state index in [0.717, 1.165) is 0 Å². The summed E-state index contributed by atoms with van der Waals surface area (Å²) in [6.45, 7) is 6.81. The Kier molecular flexibility index (Phi) is 7.52. The lowest BCUT2D eigenvalue weighted by Crippen LogP contribution is -2.47. The molecule has 2 atom stereocenters. The highest BCUT2D eigenvalue weighted by Gasteiger charge is 2.30. The van der Waals surface area contributed by atoms with Gasteiger partial charge in [0.2, 0.25) is 0 Å². The van der Waals surface area contributed by atoms with E-state index in [1.165, 1.54) is 14.2 Å². The van der Waals surface area contributed by atoms with Crippen LogP contribution in [-0.2, 0) is 19.0 Å². The van der Waals surface area contributed by atoms with Gasteiger partial charge in [-0.15, -0.1) is 0 Å². The minimum atomic E-state index is -1.13. The molecule has 0 radical (unpaired) electrons. The largest absolute Gasteiger partial charge is 0.480 e. The van der Waals surface area contributed by atoms with E-state index < -0.39 is 30.0 Å². The van der Waals surface area contributed by atoms with Crippen molar-refractivity contribution < 1.29 is 28.9 Å². The first-order valence-corrected chi connectivity index (χ1v) is 6.38. The van der Waals surface area contributed by atoms with Crippen molar-refractivity contribution in [1.82, 2.24) is 5.32 Å². The summed E-state index contributed by atoms with van der Waals surface area (Å²) in [6, 6.07) is -1.07. The molecule has 1 amide bonds. The van der Waals surface area contributed by atoms with Crippen LogP contribution in [-0.4, -0.2) is 49.3 Å². The molecular weight excluding hydrogens is 266 g/mol. The van der Waals surface area contributed by atoms with E-state index in [0.29, 0.717) is 6.42 Å². The van der Waals surface area contributed by atoms with E-state index >= 15 is 0 Å². The van der Waals surface area contributed by atoms with Crippen molar-refractivity contribution in [2.45, 2.75) is 52.0 Å². The molecular formula is C13H25NO6. The highest BCUT2D eigenvalue weighted by atomic mass is 16.7. The average Bonchev–Trinajstić information content (AvgIpc) is 2.30. The van der Waals surface area contributed by atoms with Crippen LogP contribution in [0.15, 0.2) is 0 Å². The third kappa shape index (κ3) is 7.30. The summed E-state index contributed by atoms with van der Waals surface area (Å²) < 4.78 is 15.1. The van der Waals surface area contributed by atoms with Gasteiger partial charge in [0.1, 0.15) is 11.6 Å². The van der Waals surface area contributed by atoms with Gasteiger partial charge in [0, 0.05) is 20.6 Å². The summed E-state index contributed by atoms with van der Waals surface area (Å²) in [6.07, 6.45) is -0.949. The van der Waals surface area contributed by atoms with E-state index in [2.05, 4.69) is 5.32 Å². The number of carbonyl (C=O) groups excluding carboxylic acids is 1. The van der Waals surface area contributed by atoms with Crippen LogP contribution >= 0.6 is 0 Å². The number of methoxy groups -OCH3 is 2. The minimum absolute atomic E-state index is 0.333. The SMILES string of the molecule is COC(C[C@@H](C)C(NC(=O)OC(C)(C)C)C(=O)O)OC. The molecule has 0 saturated heterocycles. The number of amides is 1. The molecule has 1 unspecified atom stereocenters. The smallest absolute Gasteiger partial charge is 0.408 e. The van der Waals surface area contributed by atoms with Gasteiger partial charge < -0.3 is 24.6 Å². The first kappa shape index (κ1) is 18.7. The van der Waals surface area contributed by atoms with Gasteiger partial charge in [-0.3, -0.25) is 0 Å². The van der Waals surface area contributed by atoms with Crippen molar-refractivity contribution in [3.05, 3.63) is 0 Å². The molecule has 0 aromatic carbocycles. The molecule has 0 rings (SSSR count). The molecule has 0 aliphatic heterocycles. The second-order valence-corrected chi connectivity index (χ2v) is 5.58. The molecule has 0 saturated carbocycles. The van der Waals surface area contributed by atoms with E-state index in [-0.39, 0.29) is 5.92 Å². The van der Waals surface area contributed by atoms with Crippen LogP contribution in [0.2, 0.25) is 0 Å². The zero-order valence-electron chi connectivity index (χ0n) is 12.9. The third-order valence-corrected chi connectivity index (χ3v) is 2.60. The average molecular weight is 291 g/mol. The molecule has 0 bridgehead atoms. The topological polar surface area (TPSA) is 94.1 Å². The normalized spacial score (nSPS) is 14.8. The third-order valence-electron chi connectivity index (χ3n) is 2.60. The number of nitrogens with one attached hydrogen (secondary N) is 1. The van der Waals surface area contributed by atoms with Crippen molar-refractivity contribution in [3.8, 4) is 0 Å². The van der Waals surface area contributed by atoms with Gasteiger partial charge >= 0.3 is 12.1 Å². The van der Waals surface area contributed by atoms with Gasteiger partial charge in [0.15, 0.2) is 6.29 Å². The number of alkyl carbamates (subject to hydrolysis) is 1. The van der Waals surface area contributed by atoms with Gasteiger partial charge in [0.05, 0.1) is 0 Å². The summed E-state index contributed by atoms with van der Waals surface area (Å²) in [5, 5.41) is 11.6. The zero-order valence-corrected chi connectivity index (χ0v) is 12.9. The number of hydrogen-bond donors (Lipinski definition) is 2. The second-order valence-electron chi connectivity index (χ2n) is 5.58. The Balaban J connectivity index is 4.64. The highest BCUT2D eigenvalue weighted by molar-refractivity contribution is 5.80. The maximum Gasteiger partial charge on any atom is 0.408 e. The predicted octanol–water partition coefficient (Wildman–Crippen LogP) is 1.61. The Morgan fingerprint density at radius 3 is 2.05 bits per heavy atom. The van der Waals surface area contributed by atoms with Gasteiger partial charge in [-0.05, 0) is 26.7 Å². The summed E-state index contributed by atoms with van der Waals surface area (Å²) in [5.74, 6) is -1.51. The van der Waals surface area contributed by atoms with Crippen molar-refractivity contribution >= 4 is 12.1 Å². The van der Waals surface area contributed by atoms with Crippen LogP contribution in [0.3, 0.4) is 0 Å². The van der Waals surface area contributed by atoms with Crippen molar-refractivity contribution in [1.29, 1.82) is 0 Å². The summed E-state index contributed by atoms with van der Waals surface area (Å²) in [5.41, 5.74) is -0.683. The second kappa shape index (κ2) is 8.06. The van der Waals surface area contributed by atoms with Gasteiger partial charge in [0.25, 0.3) is 0 Å². The molecule has 0 fully saturated rings. The molecule has 118 valence electrons. The summed E-state index contributed by atoms with van der Waals surface area (Å²) >= 11 is 0. The van der Waals surface area contributed by atoms with Crippen LogP contribution in [0, 0.1) is 5.92 Å². The Hall–Kier alpha value is -1.34. The van der Waals surface area contributed by atoms with Crippen molar-refractivity contribution in [3.63, 3.8) is 0 Å². The molecule has 2 N–H and O–H groups in total. The number of rotatable bonds is 7. The number of aliphatic carboxylic acids is 1. The van der Waals surface area contributed by atoms with E-state index in [1.807, 2.05) is 0 Å². The predicted molar refractivity (Wildman–Crippen MR) is 72.4 cm³/mol. The van der Waals surface area contributed by atoms with Gasteiger partial charge in [-0.25, -0.2) is 9.59 Å². The highest BCUT2D eigenvalue weighted by Crippen LogP contribution is 2.15. The standard InChI is InChI=1S/C13H25NO6/c1-8(7-9(18-5)19-6)10(11(15)16)14-12(17)20-13(2,3)4/h8-10H,7H2,1-6H3,(H,14,17)(H,15,16)/t8-,10?/m1/s1. The quantitative estimate of drug-likeness (QED) is 0.692. The summed E-state index contributed by atoms with van der Waals surface area (Å²) in [7, 11) is 2.94. The van der Waals surface area contributed by atoms with Crippen LogP contribution < -0.4 is 5.32 Å². The number of carbonyl (C=O) groups is 2. The number of carboxylic acids is 1. The summed E-state index contributed by atoms with van der Waals surface area (Å²) in [4.78, 5) is 22.9. The molecule has 7 heteroatoms. The van der Waals surface area contributed by atoms with Crippen LogP contribution in [0.1, 0.15) is 34.1 Å². The lowest BCUT2D eigenvalue weighted by molar-refractivity contribution is -0.143. The number of carboxylic acid groups (broad SMARTS) is 1. The molecule has 0 spiro atoms. The molecule has 0 heterocycles. The zero-order chi connectivity index (χ0) is 15.9. The Morgan fingerprint density at radius 1 is 1.20 bits per heavy atom. The number of hydrogen-bond acceptors (Lipinski definition) is 5. The lowest BCUT2D eigenvalue weighted by atomic mass is 9.98. The molecule has 0 aromatic heterocycles. The fourth-order valence-corrected chi connectivity index (χ4v) is 1.61. The Bertz CT molecular complexity index is 321. The lowest BCUT2D eigenvalue weighted by Gasteiger charge is -2.26. The monoisotopic (exact) mass is 291 g/mol. The Labute approximate surface area is 119 Å². The fourth-order valence-electron chi connectivity index (χ4n) is 1.61. The molecule has 7 nitrogen and oxygen atoms in total. The minimum Gasteiger partial charge on any atom is -0.480 e. The van der Waals surface area contributed by atoms with Crippen LogP contribution in [0.25, 0.3) is 0 Å². The van der Waals surface area contributed by atoms with E-state index in [9.17, 15) is 14.7 Å². The van der Waals surface area contributed by atoms with Crippen LogP contribution in [0.4, 0.5) is 4.79 Å². The maximum absolute atomic E-state index is 11.6. The number of ether oxygens (including phenoxy) is 3. The maximum atomic E-state index is 11.6. The van der Waals surface area contributed by atoms with Gasteiger partial charge in [-0.2, -0.15) is 0 Å². The fraction of sp³-hybridized carbons (Fsp3) is 0.846. The van der Waals surface area contributed by atoms with E-state index in [4.69, 9.17) is 14.2 Å². The first-order chi connectivity index (χ1) is 9.10. The van der Waals surface area contributed by atoms with Crippen LogP contribution in [0.5, 0.6) is 0 Å².